The fourth-order valence-electron chi connectivity index (χ4n) is 2.73. The first kappa shape index (κ1) is 19.3. The fourth-order valence-corrected chi connectivity index (χ4v) is 2.73. The molecule has 0 saturated carbocycles. The smallest absolute Gasteiger partial charge is 0.226 e. The predicted molar refractivity (Wildman–Crippen MR) is 93.9 cm³/mol. The van der Waals surface area contributed by atoms with Gasteiger partial charge in [-0.05, 0) is 50.1 Å². The highest BCUT2D eigenvalue weighted by molar-refractivity contribution is 5.85. The molecule has 1 unspecified atom stereocenters. The Morgan fingerprint density at radius 3 is 2.88 bits per heavy atom. The van der Waals surface area contributed by atoms with E-state index in [1.807, 2.05) is 0 Å². The number of amides is 1. The molecular formula is C17H22ClFN4O2. The number of hydrogen-bond acceptors (Lipinski definition) is 5. The lowest BCUT2D eigenvalue weighted by molar-refractivity contribution is -0.121. The summed E-state index contributed by atoms with van der Waals surface area (Å²) in [7, 11) is 0. The number of carbonyl (C=O) groups is 1. The maximum atomic E-state index is 12.9. The van der Waals surface area contributed by atoms with Crippen molar-refractivity contribution in [2.24, 2.45) is 0 Å². The number of aryl methyl sites for hydroxylation is 1. The summed E-state index contributed by atoms with van der Waals surface area (Å²) in [6.45, 7) is 1.72. The third-order valence-corrected chi connectivity index (χ3v) is 4.07. The molecule has 6 nitrogen and oxygen atoms in total. The Bertz CT molecular complexity index is 672. The summed E-state index contributed by atoms with van der Waals surface area (Å²) in [5.74, 6) is 0.657. The van der Waals surface area contributed by atoms with E-state index >= 15 is 0 Å². The molecule has 8 heteroatoms. The zero-order valence-electron chi connectivity index (χ0n) is 13.8. The third kappa shape index (κ3) is 5.79. The molecule has 1 aromatic heterocycles. The second-order valence-electron chi connectivity index (χ2n) is 5.97. The van der Waals surface area contributed by atoms with Crippen molar-refractivity contribution < 1.29 is 13.7 Å². The van der Waals surface area contributed by atoms with Crippen LogP contribution in [0.4, 0.5) is 4.39 Å². The summed E-state index contributed by atoms with van der Waals surface area (Å²) < 4.78 is 18.1. The maximum absolute atomic E-state index is 12.9. The van der Waals surface area contributed by atoms with Gasteiger partial charge in [0.1, 0.15) is 5.82 Å². The Labute approximate surface area is 152 Å². The largest absolute Gasteiger partial charge is 0.355 e. The molecule has 1 aliphatic heterocycles. The van der Waals surface area contributed by atoms with Gasteiger partial charge >= 0.3 is 0 Å². The van der Waals surface area contributed by atoms with Crippen LogP contribution in [0.25, 0.3) is 11.4 Å². The van der Waals surface area contributed by atoms with E-state index in [-0.39, 0.29) is 24.1 Å². The van der Waals surface area contributed by atoms with E-state index in [1.54, 1.807) is 12.1 Å². The SMILES string of the molecule is Cl.O=C(CCCc1nc(-c2ccc(F)cc2)no1)NCC1CCCN1. The van der Waals surface area contributed by atoms with Crippen LogP contribution in [0.1, 0.15) is 31.6 Å². The predicted octanol–water partition coefficient (Wildman–Crippen LogP) is 2.49. The number of aromatic nitrogens is 2. The molecule has 136 valence electrons. The Hall–Kier alpha value is -1.99. The van der Waals surface area contributed by atoms with Gasteiger partial charge in [0.2, 0.25) is 17.6 Å². The molecule has 3 rings (SSSR count). The number of benzene rings is 1. The average Bonchev–Trinajstić information content (AvgIpc) is 3.25. The lowest BCUT2D eigenvalue weighted by Gasteiger charge is -2.10. The minimum atomic E-state index is -0.304. The van der Waals surface area contributed by atoms with Crippen molar-refractivity contribution in [2.45, 2.75) is 38.1 Å². The molecule has 0 spiro atoms. The van der Waals surface area contributed by atoms with E-state index in [4.69, 9.17) is 4.52 Å². The van der Waals surface area contributed by atoms with Gasteiger partial charge in [-0.2, -0.15) is 4.98 Å². The van der Waals surface area contributed by atoms with Crippen LogP contribution in [-0.2, 0) is 11.2 Å². The summed E-state index contributed by atoms with van der Waals surface area (Å²) in [5.41, 5.74) is 0.702. The van der Waals surface area contributed by atoms with E-state index in [1.165, 1.54) is 18.6 Å². The molecule has 25 heavy (non-hydrogen) atoms. The summed E-state index contributed by atoms with van der Waals surface area (Å²) in [5, 5.41) is 10.2. The van der Waals surface area contributed by atoms with Crippen molar-refractivity contribution in [2.75, 3.05) is 13.1 Å². The molecule has 0 aliphatic carbocycles. The molecule has 2 N–H and O–H groups in total. The molecule has 1 aliphatic rings. The maximum Gasteiger partial charge on any atom is 0.226 e. The highest BCUT2D eigenvalue weighted by atomic mass is 35.5. The molecule has 0 bridgehead atoms. The molecule has 1 fully saturated rings. The minimum Gasteiger partial charge on any atom is -0.355 e. The van der Waals surface area contributed by atoms with Gasteiger partial charge in [-0.15, -0.1) is 12.4 Å². The van der Waals surface area contributed by atoms with Crippen LogP contribution in [0.3, 0.4) is 0 Å². The van der Waals surface area contributed by atoms with Gasteiger partial charge in [-0.1, -0.05) is 5.16 Å². The molecule has 1 aromatic carbocycles. The van der Waals surface area contributed by atoms with Gasteiger partial charge in [-0.3, -0.25) is 4.79 Å². The van der Waals surface area contributed by atoms with Crippen LogP contribution in [-0.4, -0.2) is 35.2 Å². The second-order valence-corrected chi connectivity index (χ2v) is 5.97. The lowest BCUT2D eigenvalue weighted by Crippen LogP contribution is -2.37. The van der Waals surface area contributed by atoms with Gasteiger partial charge in [0.25, 0.3) is 0 Å². The summed E-state index contributed by atoms with van der Waals surface area (Å²) >= 11 is 0. The highest BCUT2D eigenvalue weighted by Gasteiger charge is 2.15. The second kappa shape index (κ2) is 9.48. The number of hydrogen-bond donors (Lipinski definition) is 2. The van der Waals surface area contributed by atoms with Crippen molar-refractivity contribution in [3.63, 3.8) is 0 Å². The van der Waals surface area contributed by atoms with Crippen LogP contribution in [0, 0.1) is 5.82 Å². The highest BCUT2D eigenvalue weighted by Crippen LogP contribution is 2.16. The van der Waals surface area contributed by atoms with Crippen LogP contribution in [0.2, 0.25) is 0 Å². The Morgan fingerprint density at radius 2 is 2.16 bits per heavy atom. The topological polar surface area (TPSA) is 80.0 Å². The Balaban J connectivity index is 0.00000225. The molecule has 1 saturated heterocycles. The van der Waals surface area contributed by atoms with Crippen molar-refractivity contribution in [3.05, 3.63) is 36.0 Å². The number of carbonyl (C=O) groups excluding carboxylic acids is 1. The van der Waals surface area contributed by atoms with Crippen LogP contribution >= 0.6 is 12.4 Å². The van der Waals surface area contributed by atoms with Gasteiger partial charge in [0, 0.05) is 31.0 Å². The number of rotatable bonds is 7. The van der Waals surface area contributed by atoms with Crippen molar-refractivity contribution >= 4 is 18.3 Å². The minimum absolute atomic E-state index is 0. The van der Waals surface area contributed by atoms with E-state index in [9.17, 15) is 9.18 Å². The van der Waals surface area contributed by atoms with Gasteiger partial charge < -0.3 is 15.2 Å². The first-order valence-electron chi connectivity index (χ1n) is 8.29. The van der Waals surface area contributed by atoms with Gasteiger partial charge in [-0.25, -0.2) is 4.39 Å². The number of halogens is 2. The summed E-state index contributed by atoms with van der Waals surface area (Å²) in [6.07, 6.45) is 3.92. The van der Waals surface area contributed by atoms with Gasteiger partial charge in [0.15, 0.2) is 0 Å². The van der Waals surface area contributed by atoms with E-state index < -0.39 is 0 Å². The average molecular weight is 369 g/mol. The van der Waals surface area contributed by atoms with Crippen molar-refractivity contribution in [3.8, 4) is 11.4 Å². The summed E-state index contributed by atoms with van der Waals surface area (Å²) in [6, 6.07) is 6.33. The van der Waals surface area contributed by atoms with Crippen LogP contribution in [0.15, 0.2) is 28.8 Å². The first-order chi connectivity index (χ1) is 11.7. The molecular weight excluding hydrogens is 347 g/mol. The standard InChI is InChI=1S/C17H21FN4O2.ClH/c18-13-8-6-12(7-9-13)17-21-16(24-22-17)5-1-4-15(23)20-11-14-3-2-10-19-14;/h6-9,14,19H,1-5,10-11H2,(H,20,23);1H. The van der Waals surface area contributed by atoms with Crippen LogP contribution < -0.4 is 10.6 Å². The summed E-state index contributed by atoms with van der Waals surface area (Å²) in [4.78, 5) is 16.1. The molecule has 1 amide bonds. The van der Waals surface area contributed by atoms with Crippen molar-refractivity contribution in [1.29, 1.82) is 0 Å². The quantitative estimate of drug-likeness (QED) is 0.784. The number of nitrogens with one attached hydrogen (secondary N) is 2. The van der Waals surface area contributed by atoms with E-state index in [0.29, 0.717) is 49.1 Å². The van der Waals surface area contributed by atoms with Gasteiger partial charge in [0.05, 0.1) is 0 Å². The van der Waals surface area contributed by atoms with Crippen LogP contribution in [0.5, 0.6) is 0 Å². The first-order valence-corrected chi connectivity index (χ1v) is 8.29. The molecule has 2 heterocycles. The van der Waals surface area contributed by atoms with E-state index in [2.05, 4.69) is 20.8 Å². The zero-order chi connectivity index (χ0) is 16.8. The lowest BCUT2D eigenvalue weighted by atomic mass is 10.2. The monoisotopic (exact) mass is 368 g/mol. The molecule has 0 radical (unpaired) electrons. The number of nitrogens with zero attached hydrogens (tertiary/aromatic N) is 2. The Kier molecular flexibility index (Phi) is 7.33. The Morgan fingerprint density at radius 1 is 1.36 bits per heavy atom. The van der Waals surface area contributed by atoms with E-state index in [0.717, 1.165) is 13.0 Å². The molecule has 1 atom stereocenters. The van der Waals surface area contributed by atoms with Crippen molar-refractivity contribution in [1.82, 2.24) is 20.8 Å². The molecule has 2 aromatic rings. The fraction of sp³-hybridized carbons (Fsp3) is 0.471. The zero-order valence-corrected chi connectivity index (χ0v) is 14.7. The third-order valence-electron chi connectivity index (χ3n) is 4.07. The normalized spacial score (nSPS) is 16.4.